The van der Waals surface area contributed by atoms with Crippen LogP contribution in [0.2, 0.25) is 5.02 Å². The van der Waals surface area contributed by atoms with Crippen LogP contribution in [0.25, 0.3) is 17.4 Å². The number of nitrogens with one attached hydrogen (secondary N) is 1. The maximum absolute atomic E-state index is 11.9. The quantitative estimate of drug-likeness (QED) is 0.582. The number of benzene rings is 2. The average Bonchev–Trinajstić information content (AvgIpc) is 3.28. The van der Waals surface area contributed by atoms with Crippen molar-refractivity contribution in [2.24, 2.45) is 10.1 Å². The van der Waals surface area contributed by atoms with E-state index in [0.29, 0.717) is 38.5 Å². The molecule has 1 aliphatic rings. The number of sulfonamides is 1. The SMILES string of the molecule is NS(=O)(=O)c1ccc(-c2ccc(C=C3SC(=O)NC3=Nc3cccc(Cl)c3)o2)cc1. The number of nitrogens with zero attached hydrogens (tertiary/aromatic N) is 1. The van der Waals surface area contributed by atoms with Gasteiger partial charge in [-0.15, -0.1) is 0 Å². The van der Waals surface area contributed by atoms with Crippen molar-refractivity contribution in [3.8, 4) is 11.3 Å². The van der Waals surface area contributed by atoms with E-state index in [9.17, 15) is 13.2 Å². The summed E-state index contributed by atoms with van der Waals surface area (Å²) < 4.78 is 28.6. The number of carbonyl (C=O) groups excluding carboxylic acids is 1. The minimum Gasteiger partial charge on any atom is -0.457 e. The lowest BCUT2D eigenvalue weighted by atomic mass is 10.2. The van der Waals surface area contributed by atoms with Gasteiger partial charge in [-0.2, -0.15) is 0 Å². The summed E-state index contributed by atoms with van der Waals surface area (Å²) in [7, 11) is -3.76. The van der Waals surface area contributed by atoms with Gasteiger partial charge < -0.3 is 9.73 Å². The highest BCUT2D eigenvalue weighted by Gasteiger charge is 2.24. The van der Waals surface area contributed by atoms with Crippen molar-refractivity contribution in [3.05, 3.63) is 76.4 Å². The van der Waals surface area contributed by atoms with Crippen LogP contribution in [0.15, 0.2) is 79.9 Å². The molecule has 30 heavy (non-hydrogen) atoms. The Kier molecular flexibility index (Phi) is 5.52. The molecule has 3 aromatic rings. The molecular weight excluding hydrogens is 446 g/mol. The van der Waals surface area contributed by atoms with Crippen LogP contribution < -0.4 is 10.5 Å². The maximum Gasteiger partial charge on any atom is 0.289 e. The van der Waals surface area contributed by atoms with Crippen molar-refractivity contribution < 1.29 is 17.6 Å². The zero-order valence-corrected chi connectivity index (χ0v) is 17.6. The van der Waals surface area contributed by atoms with Gasteiger partial charge in [0.15, 0.2) is 0 Å². The normalized spacial score (nSPS) is 16.9. The first-order valence-electron chi connectivity index (χ1n) is 8.56. The number of furan rings is 1. The fourth-order valence-electron chi connectivity index (χ4n) is 2.71. The van der Waals surface area contributed by atoms with E-state index in [1.54, 1.807) is 54.6 Å². The van der Waals surface area contributed by atoms with Crippen molar-refractivity contribution in [2.75, 3.05) is 0 Å². The molecule has 4 rings (SSSR count). The molecule has 1 fully saturated rings. The number of primary sulfonamides is 1. The standard InChI is InChI=1S/C20H14ClN3O4S2/c21-13-2-1-3-14(10-13)23-19-18(29-20(25)24-19)11-15-6-9-17(28-15)12-4-7-16(8-5-12)30(22,26)27/h1-11H,(H2,22,26,27)(H,23,24,25). The van der Waals surface area contributed by atoms with Crippen molar-refractivity contribution in [1.29, 1.82) is 0 Å². The average molecular weight is 460 g/mol. The van der Waals surface area contributed by atoms with Crippen molar-refractivity contribution in [2.45, 2.75) is 4.90 Å². The molecule has 0 atom stereocenters. The van der Waals surface area contributed by atoms with Gasteiger partial charge >= 0.3 is 0 Å². The van der Waals surface area contributed by atoms with Crippen LogP contribution in [0.5, 0.6) is 0 Å². The summed E-state index contributed by atoms with van der Waals surface area (Å²) in [5.41, 5.74) is 1.30. The second-order valence-electron chi connectivity index (χ2n) is 6.23. The minimum atomic E-state index is -3.76. The van der Waals surface area contributed by atoms with Gasteiger partial charge in [0.25, 0.3) is 5.24 Å². The summed E-state index contributed by atoms with van der Waals surface area (Å²) in [6.07, 6.45) is 1.70. The number of hydrogen-bond donors (Lipinski definition) is 2. The zero-order valence-electron chi connectivity index (χ0n) is 15.2. The van der Waals surface area contributed by atoms with Crippen LogP contribution in [0, 0.1) is 0 Å². The highest BCUT2D eigenvalue weighted by atomic mass is 35.5. The summed E-state index contributed by atoms with van der Waals surface area (Å²) in [6.45, 7) is 0. The molecule has 0 aliphatic carbocycles. The van der Waals surface area contributed by atoms with Crippen LogP contribution in [-0.4, -0.2) is 19.5 Å². The van der Waals surface area contributed by atoms with E-state index in [4.69, 9.17) is 21.2 Å². The van der Waals surface area contributed by atoms with Crippen molar-refractivity contribution in [3.63, 3.8) is 0 Å². The van der Waals surface area contributed by atoms with Crippen molar-refractivity contribution >= 4 is 56.2 Å². The van der Waals surface area contributed by atoms with E-state index >= 15 is 0 Å². The molecule has 3 N–H and O–H groups in total. The van der Waals surface area contributed by atoms with E-state index in [1.165, 1.54) is 12.1 Å². The molecule has 0 radical (unpaired) electrons. The van der Waals surface area contributed by atoms with E-state index in [1.807, 2.05) is 0 Å². The molecule has 1 amide bonds. The Labute approximate surface area is 181 Å². The minimum absolute atomic E-state index is 0.0222. The maximum atomic E-state index is 11.9. The number of rotatable bonds is 4. The van der Waals surface area contributed by atoms with Crippen molar-refractivity contribution in [1.82, 2.24) is 5.32 Å². The number of nitrogens with two attached hydrogens (primary N) is 1. The predicted octanol–water partition coefficient (Wildman–Crippen LogP) is 4.77. The van der Waals surface area contributed by atoms with E-state index in [2.05, 4.69) is 10.3 Å². The van der Waals surface area contributed by atoms with Crippen LogP contribution >= 0.6 is 23.4 Å². The number of amides is 1. The summed E-state index contributed by atoms with van der Waals surface area (Å²) in [6, 6.07) is 16.5. The third kappa shape index (κ3) is 4.65. The first-order valence-corrected chi connectivity index (χ1v) is 11.3. The van der Waals surface area contributed by atoms with Gasteiger partial charge in [0.1, 0.15) is 17.4 Å². The van der Waals surface area contributed by atoms with Crippen LogP contribution in [0.3, 0.4) is 0 Å². The molecule has 1 saturated heterocycles. The first-order chi connectivity index (χ1) is 14.3. The van der Waals surface area contributed by atoms with Gasteiger partial charge in [0.2, 0.25) is 10.0 Å². The van der Waals surface area contributed by atoms with Gasteiger partial charge in [-0.25, -0.2) is 18.5 Å². The highest BCUT2D eigenvalue weighted by molar-refractivity contribution is 8.18. The lowest BCUT2D eigenvalue weighted by Gasteiger charge is -2.01. The largest absolute Gasteiger partial charge is 0.457 e. The summed E-state index contributed by atoms with van der Waals surface area (Å²) in [5, 5.41) is 8.12. The lowest BCUT2D eigenvalue weighted by Crippen LogP contribution is -2.18. The number of thioether (sulfide) groups is 1. The third-order valence-corrected chi connectivity index (χ3v) is 6.06. The Balaban J connectivity index is 1.61. The Morgan fingerprint density at radius 1 is 1.10 bits per heavy atom. The Bertz CT molecular complexity index is 1300. The van der Waals surface area contributed by atoms with E-state index in [-0.39, 0.29) is 10.1 Å². The van der Waals surface area contributed by atoms with Crippen LogP contribution in [0.4, 0.5) is 10.5 Å². The molecule has 2 aromatic carbocycles. The molecule has 7 nitrogen and oxygen atoms in total. The summed E-state index contributed by atoms with van der Waals surface area (Å²) in [4.78, 5) is 16.9. The van der Waals surface area contributed by atoms with Crippen LogP contribution in [-0.2, 0) is 10.0 Å². The molecule has 0 saturated carbocycles. The predicted molar refractivity (Wildman–Crippen MR) is 118 cm³/mol. The fourth-order valence-corrected chi connectivity index (χ4v) is 4.13. The monoisotopic (exact) mass is 459 g/mol. The Hall–Kier alpha value is -2.85. The molecule has 1 aliphatic heterocycles. The molecule has 0 bridgehead atoms. The second kappa shape index (κ2) is 8.11. The number of halogens is 1. The Morgan fingerprint density at radius 3 is 2.57 bits per heavy atom. The molecule has 0 unspecified atom stereocenters. The third-order valence-electron chi connectivity index (χ3n) is 4.07. The molecule has 1 aromatic heterocycles. The zero-order chi connectivity index (χ0) is 21.3. The fraction of sp³-hybridized carbons (Fsp3) is 0. The molecule has 10 heteroatoms. The Morgan fingerprint density at radius 2 is 1.87 bits per heavy atom. The van der Waals surface area contributed by atoms with Gasteiger partial charge in [0.05, 0.1) is 15.5 Å². The second-order valence-corrected chi connectivity index (χ2v) is 9.25. The molecule has 152 valence electrons. The van der Waals surface area contributed by atoms with Gasteiger partial charge in [-0.1, -0.05) is 17.7 Å². The summed E-state index contributed by atoms with van der Waals surface area (Å²) >= 11 is 7.00. The van der Waals surface area contributed by atoms with E-state index in [0.717, 1.165) is 11.8 Å². The summed E-state index contributed by atoms with van der Waals surface area (Å²) in [5.74, 6) is 1.46. The highest BCUT2D eigenvalue weighted by Crippen LogP contribution is 2.31. The molecular formula is C20H14ClN3O4S2. The lowest BCUT2D eigenvalue weighted by molar-refractivity contribution is 0.265. The van der Waals surface area contributed by atoms with E-state index < -0.39 is 10.0 Å². The number of amidine groups is 1. The number of carbonyl (C=O) groups is 1. The first kappa shape index (κ1) is 20.4. The number of hydrogen-bond acceptors (Lipinski definition) is 6. The van der Waals surface area contributed by atoms with Crippen LogP contribution in [0.1, 0.15) is 5.76 Å². The topological polar surface area (TPSA) is 115 Å². The molecule has 0 spiro atoms. The smallest absolute Gasteiger partial charge is 0.289 e. The number of aliphatic imine (C=N–C) groups is 1. The van der Waals surface area contributed by atoms with Gasteiger partial charge in [0, 0.05) is 10.6 Å². The van der Waals surface area contributed by atoms with Gasteiger partial charge in [-0.3, -0.25) is 4.79 Å². The van der Waals surface area contributed by atoms with Gasteiger partial charge in [-0.05, 0) is 72.4 Å². The molecule has 2 heterocycles.